The maximum absolute atomic E-state index is 9.18. The molecular weight excluding hydrogens is 192 g/mol. The first-order chi connectivity index (χ1) is 7.25. The number of hydrogen-bond donors (Lipinski definition) is 1. The van der Waals surface area contributed by atoms with Crippen LogP contribution >= 0.6 is 0 Å². The van der Waals surface area contributed by atoms with Crippen molar-refractivity contribution >= 4 is 0 Å². The van der Waals surface area contributed by atoms with Crippen molar-refractivity contribution in [3.05, 3.63) is 24.3 Å². The summed E-state index contributed by atoms with van der Waals surface area (Å²) in [5.74, 6) is 1.62. The van der Waals surface area contributed by atoms with E-state index in [-0.39, 0.29) is 12.2 Å². The van der Waals surface area contributed by atoms with E-state index in [1.165, 1.54) is 0 Å². The van der Waals surface area contributed by atoms with E-state index in [0.717, 1.165) is 24.3 Å². The van der Waals surface area contributed by atoms with Crippen LogP contribution in [0.1, 0.15) is 19.8 Å². The van der Waals surface area contributed by atoms with Crippen molar-refractivity contribution < 1.29 is 14.6 Å². The van der Waals surface area contributed by atoms with Crippen LogP contribution in [0.2, 0.25) is 0 Å². The first-order valence-corrected chi connectivity index (χ1v) is 5.32. The van der Waals surface area contributed by atoms with Crippen molar-refractivity contribution in [2.75, 3.05) is 6.61 Å². The molecule has 1 heterocycles. The van der Waals surface area contributed by atoms with Gasteiger partial charge in [-0.15, -0.1) is 0 Å². The SMILES string of the molecule is C[C@H](O)CCC1COc2ccccc2O1. The van der Waals surface area contributed by atoms with Crippen molar-refractivity contribution in [3.63, 3.8) is 0 Å². The van der Waals surface area contributed by atoms with Crippen LogP contribution in [-0.2, 0) is 0 Å². The minimum Gasteiger partial charge on any atom is -0.486 e. The van der Waals surface area contributed by atoms with Crippen LogP contribution in [0.15, 0.2) is 24.3 Å². The second-order valence-corrected chi connectivity index (χ2v) is 3.92. The monoisotopic (exact) mass is 208 g/mol. The minimum atomic E-state index is -0.272. The molecule has 1 aromatic rings. The van der Waals surface area contributed by atoms with Gasteiger partial charge in [0.25, 0.3) is 0 Å². The quantitative estimate of drug-likeness (QED) is 0.825. The summed E-state index contributed by atoms with van der Waals surface area (Å²) in [5.41, 5.74) is 0. The molecular formula is C12H16O3. The van der Waals surface area contributed by atoms with Crippen molar-refractivity contribution in [1.29, 1.82) is 0 Å². The fourth-order valence-corrected chi connectivity index (χ4v) is 1.63. The fourth-order valence-electron chi connectivity index (χ4n) is 1.63. The molecule has 2 rings (SSSR count). The Bertz CT molecular complexity index is 322. The highest BCUT2D eigenvalue weighted by Crippen LogP contribution is 2.31. The number of para-hydroxylation sites is 2. The molecule has 0 saturated heterocycles. The Morgan fingerprint density at radius 3 is 2.87 bits per heavy atom. The zero-order chi connectivity index (χ0) is 10.7. The molecule has 0 fully saturated rings. The van der Waals surface area contributed by atoms with Gasteiger partial charge in [0.05, 0.1) is 6.10 Å². The number of ether oxygens (including phenoxy) is 2. The van der Waals surface area contributed by atoms with Crippen molar-refractivity contribution in [2.24, 2.45) is 0 Å². The van der Waals surface area contributed by atoms with E-state index in [1.807, 2.05) is 24.3 Å². The van der Waals surface area contributed by atoms with E-state index in [9.17, 15) is 5.11 Å². The molecule has 1 aromatic carbocycles. The van der Waals surface area contributed by atoms with Gasteiger partial charge in [-0.05, 0) is 31.9 Å². The van der Waals surface area contributed by atoms with Gasteiger partial charge in [-0.2, -0.15) is 0 Å². The average Bonchev–Trinajstić information content (AvgIpc) is 2.26. The maximum atomic E-state index is 9.18. The van der Waals surface area contributed by atoms with Crippen LogP contribution in [0.4, 0.5) is 0 Å². The van der Waals surface area contributed by atoms with Gasteiger partial charge in [0.1, 0.15) is 12.7 Å². The van der Waals surface area contributed by atoms with E-state index in [0.29, 0.717) is 6.61 Å². The Morgan fingerprint density at radius 2 is 2.13 bits per heavy atom. The first kappa shape index (κ1) is 10.3. The lowest BCUT2D eigenvalue weighted by atomic mass is 10.1. The molecule has 0 saturated carbocycles. The topological polar surface area (TPSA) is 38.7 Å². The summed E-state index contributed by atoms with van der Waals surface area (Å²) in [4.78, 5) is 0. The van der Waals surface area contributed by atoms with Crippen LogP contribution in [0, 0.1) is 0 Å². The Morgan fingerprint density at radius 1 is 1.40 bits per heavy atom. The van der Waals surface area contributed by atoms with Gasteiger partial charge in [-0.3, -0.25) is 0 Å². The molecule has 82 valence electrons. The summed E-state index contributed by atoms with van der Waals surface area (Å²) in [5, 5.41) is 9.18. The third kappa shape index (κ3) is 2.63. The molecule has 2 atom stereocenters. The maximum Gasteiger partial charge on any atom is 0.161 e. The summed E-state index contributed by atoms with van der Waals surface area (Å²) in [6, 6.07) is 7.67. The van der Waals surface area contributed by atoms with E-state index in [1.54, 1.807) is 6.92 Å². The standard InChI is InChI=1S/C12H16O3/c1-9(13)6-7-10-8-14-11-4-2-3-5-12(11)15-10/h2-5,9-10,13H,6-8H2,1H3/t9-,10?/m0/s1. The summed E-state index contributed by atoms with van der Waals surface area (Å²) >= 11 is 0. The van der Waals surface area contributed by atoms with Crippen LogP contribution in [0.5, 0.6) is 11.5 Å². The molecule has 0 aromatic heterocycles. The van der Waals surface area contributed by atoms with Gasteiger partial charge in [-0.25, -0.2) is 0 Å². The normalized spacial score (nSPS) is 21.1. The predicted molar refractivity (Wildman–Crippen MR) is 57.3 cm³/mol. The molecule has 15 heavy (non-hydrogen) atoms. The molecule has 1 N–H and O–H groups in total. The number of aliphatic hydroxyl groups excluding tert-OH is 1. The zero-order valence-corrected chi connectivity index (χ0v) is 8.85. The van der Waals surface area contributed by atoms with Gasteiger partial charge in [0, 0.05) is 0 Å². The summed E-state index contributed by atoms with van der Waals surface area (Å²) in [6.45, 7) is 2.36. The molecule has 3 heteroatoms. The van der Waals surface area contributed by atoms with Crippen LogP contribution in [0.25, 0.3) is 0 Å². The minimum absolute atomic E-state index is 0.0644. The van der Waals surface area contributed by atoms with Crippen LogP contribution < -0.4 is 9.47 Å². The lowest BCUT2D eigenvalue weighted by molar-refractivity contribution is 0.0702. The predicted octanol–water partition coefficient (Wildman–Crippen LogP) is 1.99. The van der Waals surface area contributed by atoms with Crippen LogP contribution in [-0.4, -0.2) is 23.9 Å². The first-order valence-electron chi connectivity index (χ1n) is 5.32. The van der Waals surface area contributed by atoms with E-state index >= 15 is 0 Å². The molecule has 0 spiro atoms. The third-order valence-corrected chi connectivity index (χ3v) is 2.47. The van der Waals surface area contributed by atoms with Gasteiger partial charge in [-0.1, -0.05) is 12.1 Å². The van der Waals surface area contributed by atoms with E-state index in [4.69, 9.17) is 9.47 Å². The largest absolute Gasteiger partial charge is 0.486 e. The number of aliphatic hydroxyl groups is 1. The molecule has 1 aliphatic rings. The highest BCUT2D eigenvalue weighted by molar-refractivity contribution is 5.40. The molecule has 0 amide bonds. The van der Waals surface area contributed by atoms with Crippen molar-refractivity contribution in [1.82, 2.24) is 0 Å². The number of rotatable bonds is 3. The highest BCUT2D eigenvalue weighted by Gasteiger charge is 2.20. The number of fused-ring (bicyclic) bond motifs is 1. The number of hydrogen-bond acceptors (Lipinski definition) is 3. The van der Waals surface area contributed by atoms with Gasteiger partial charge in [0.15, 0.2) is 11.5 Å². The van der Waals surface area contributed by atoms with Crippen molar-refractivity contribution in [2.45, 2.75) is 32.0 Å². The highest BCUT2D eigenvalue weighted by atomic mass is 16.6. The summed E-state index contributed by atoms with van der Waals surface area (Å²) < 4.78 is 11.3. The van der Waals surface area contributed by atoms with E-state index in [2.05, 4.69) is 0 Å². The Hall–Kier alpha value is -1.22. The average molecular weight is 208 g/mol. The smallest absolute Gasteiger partial charge is 0.161 e. The van der Waals surface area contributed by atoms with E-state index < -0.39 is 0 Å². The molecule has 1 unspecified atom stereocenters. The zero-order valence-electron chi connectivity index (χ0n) is 8.85. The second-order valence-electron chi connectivity index (χ2n) is 3.92. The Balaban J connectivity index is 1.94. The molecule has 0 aliphatic carbocycles. The lowest BCUT2D eigenvalue weighted by Gasteiger charge is -2.26. The summed E-state index contributed by atoms with van der Waals surface area (Å²) in [7, 11) is 0. The van der Waals surface area contributed by atoms with Gasteiger partial charge in [0.2, 0.25) is 0 Å². The molecule has 1 aliphatic heterocycles. The number of benzene rings is 1. The second kappa shape index (κ2) is 4.53. The molecule has 0 bridgehead atoms. The Labute approximate surface area is 89.6 Å². The third-order valence-electron chi connectivity index (χ3n) is 2.47. The molecule has 3 nitrogen and oxygen atoms in total. The van der Waals surface area contributed by atoms with Gasteiger partial charge >= 0.3 is 0 Å². The summed E-state index contributed by atoms with van der Waals surface area (Å²) in [6.07, 6.45) is 1.36. The van der Waals surface area contributed by atoms with Crippen molar-refractivity contribution in [3.8, 4) is 11.5 Å². The molecule has 0 radical (unpaired) electrons. The van der Waals surface area contributed by atoms with Gasteiger partial charge < -0.3 is 14.6 Å². The fraction of sp³-hybridized carbons (Fsp3) is 0.500. The Kier molecular flexibility index (Phi) is 3.11. The lowest BCUT2D eigenvalue weighted by Crippen LogP contribution is -2.29. The van der Waals surface area contributed by atoms with Crippen LogP contribution in [0.3, 0.4) is 0 Å².